The van der Waals surface area contributed by atoms with Crippen molar-refractivity contribution >= 4 is 17.8 Å². The highest BCUT2D eigenvalue weighted by molar-refractivity contribution is 5.99. The van der Waals surface area contributed by atoms with E-state index in [2.05, 4.69) is 26.1 Å². The summed E-state index contributed by atoms with van der Waals surface area (Å²) in [6, 6.07) is 9.75. The van der Waals surface area contributed by atoms with Crippen LogP contribution in [-0.4, -0.2) is 54.0 Å². The molecule has 2 saturated heterocycles. The van der Waals surface area contributed by atoms with Gasteiger partial charge in [0.15, 0.2) is 0 Å². The Bertz CT molecular complexity index is 911. The van der Waals surface area contributed by atoms with Gasteiger partial charge in [-0.2, -0.15) is 0 Å². The van der Waals surface area contributed by atoms with Gasteiger partial charge in [-0.25, -0.2) is 0 Å². The molecule has 7 heteroatoms. The first-order valence-corrected chi connectivity index (χ1v) is 12.6. The average molecular weight is 471 g/mol. The molecule has 186 valence electrons. The van der Waals surface area contributed by atoms with Gasteiger partial charge >= 0.3 is 11.9 Å². The fraction of sp³-hybridized carbons (Fsp3) is 0.667. The third kappa shape index (κ3) is 4.47. The number of carbonyl (C=O) groups excluding carboxylic acids is 3. The van der Waals surface area contributed by atoms with E-state index in [1.165, 1.54) is 0 Å². The average Bonchev–Trinajstić information content (AvgIpc) is 3.31. The predicted molar refractivity (Wildman–Crippen MR) is 128 cm³/mol. The third-order valence-corrected chi connectivity index (χ3v) is 8.22. The van der Waals surface area contributed by atoms with Crippen LogP contribution in [0.2, 0.25) is 0 Å². The Hall–Kier alpha value is -2.41. The molecule has 1 aromatic rings. The maximum absolute atomic E-state index is 13.5. The molecule has 3 aliphatic rings. The van der Waals surface area contributed by atoms with Crippen molar-refractivity contribution in [2.75, 3.05) is 13.2 Å². The molecule has 7 nitrogen and oxygen atoms in total. The molecule has 0 unspecified atom stereocenters. The van der Waals surface area contributed by atoms with Gasteiger partial charge in [-0.15, -0.1) is 0 Å². The van der Waals surface area contributed by atoms with E-state index in [0.717, 1.165) is 24.8 Å². The Morgan fingerprint density at radius 1 is 1.12 bits per heavy atom. The number of rotatable bonds is 7. The second-order valence-electron chi connectivity index (χ2n) is 11.0. The van der Waals surface area contributed by atoms with Gasteiger partial charge < -0.3 is 19.7 Å². The van der Waals surface area contributed by atoms with Gasteiger partial charge in [0.05, 0.1) is 13.0 Å². The highest BCUT2D eigenvalue weighted by Gasteiger charge is 2.63. The second-order valence-corrected chi connectivity index (χ2v) is 11.0. The summed E-state index contributed by atoms with van der Waals surface area (Å²) in [4.78, 5) is 40.8. The van der Waals surface area contributed by atoms with E-state index < -0.39 is 11.9 Å². The number of hydrogen-bond acceptors (Lipinski definition) is 6. The summed E-state index contributed by atoms with van der Waals surface area (Å²) in [7, 11) is 0. The maximum atomic E-state index is 13.5. The number of likely N-dealkylation sites (tertiary alicyclic amines) is 1. The van der Waals surface area contributed by atoms with Crippen LogP contribution in [0.5, 0.6) is 0 Å². The summed E-state index contributed by atoms with van der Waals surface area (Å²) in [5.74, 6) is -1.53. The Kier molecular flexibility index (Phi) is 7.04. The molecule has 1 N–H and O–H groups in total. The van der Waals surface area contributed by atoms with Crippen LogP contribution in [-0.2, 0) is 30.5 Å². The molecule has 3 fully saturated rings. The second kappa shape index (κ2) is 9.68. The minimum absolute atomic E-state index is 0.0300. The number of nitrogens with one attached hydrogen (secondary N) is 1. The monoisotopic (exact) mass is 470 g/mol. The fourth-order valence-electron chi connectivity index (χ4n) is 6.66. The first-order valence-electron chi connectivity index (χ1n) is 12.6. The zero-order chi connectivity index (χ0) is 24.5. The zero-order valence-corrected chi connectivity index (χ0v) is 20.8. The van der Waals surface area contributed by atoms with Crippen LogP contribution in [0.25, 0.3) is 0 Å². The molecule has 1 amide bonds. The lowest BCUT2D eigenvalue weighted by molar-refractivity contribution is -0.156. The molecule has 1 aromatic carbocycles. The molecular formula is C27H38N2O5. The van der Waals surface area contributed by atoms with Crippen molar-refractivity contribution in [1.29, 1.82) is 0 Å². The fourth-order valence-corrected chi connectivity index (χ4v) is 6.66. The summed E-state index contributed by atoms with van der Waals surface area (Å²) in [6.45, 7) is 9.52. The van der Waals surface area contributed by atoms with Gasteiger partial charge in [-0.3, -0.25) is 14.4 Å². The van der Waals surface area contributed by atoms with Gasteiger partial charge in [0.25, 0.3) is 0 Å². The van der Waals surface area contributed by atoms with Crippen LogP contribution in [0.4, 0.5) is 0 Å². The lowest BCUT2D eigenvalue weighted by Crippen LogP contribution is -2.60. The van der Waals surface area contributed by atoms with Gasteiger partial charge in [-0.1, -0.05) is 51.1 Å². The molecule has 1 saturated carbocycles. The summed E-state index contributed by atoms with van der Waals surface area (Å²) in [6.07, 6.45) is 3.50. The third-order valence-electron chi connectivity index (χ3n) is 8.22. The van der Waals surface area contributed by atoms with Crippen LogP contribution in [0.1, 0.15) is 65.4 Å². The van der Waals surface area contributed by atoms with Crippen LogP contribution in [0, 0.1) is 16.7 Å². The van der Waals surface area contributed by atoms with E-state index in [4.69, 9.17) is 9.47 Å². The largest absolute Gasteiger partial charge is 0.466 e. The van der Waals surface area contributed by atoms with Crippen molar-refractivity contribution in [3.05, 3.63) is 35.9 Å². The minimum atomic E-state index is -0.753. The van der Waals surface area contributed by atoms with Crippen molar-refractivity contribution < 1.29 is 23.9 Å². The molecule has 2 aliphatic heterocycles. The Labute approximate surface area is 202 Å². The van der Waals surface area contributed by atoms with E-state index in [0.29, 0.717) is 32.0 Å². The molecule has 0 radical (unpaired) electrons. The Morgan fingerprint density at radius 3 is 2.53 bits per heavy atom. The van der Waals surface area contributed by atoms with Gasteiger partial charge in [0.2, 0.25) is 5.91 Å². The minimum Gasteiger partial charge on any atom is -0.466 e. The predicted octanol–water partition coefficient (Wildman–Crippen LogP) is 3.46. The molecule has 5 atom stereocenters. The van der Waals surface area contributed by atoms with Crippen molar-refractivity contribution in [2.45, 2.75) is 84.5 Å². The summed E-state index contributed by atoms with van der Waals surface area (Å²) in [5, 5.41) is 3.70. The topological polar surface area (TPSA) is 84.9 Å². The number of benzene rings is 1. The first-order chi connectivity index (χ1) is 16.2. The van der Waals surface area contributed by atoms with E-state index >= 15 is 0 Å². The van der Waals surface area contributed by atoms with Gasteiger partial charge in [-0.05, 0) is 43.6 Å². The molecule has 1 aliphatic carbocycles. The van der Waals surface area contributed by atoms with Crippen molar-refractivity contribution in [3.8, 4) is 0 Å². The van der Waals surface area contributed by atoms with Crippen LogP contribution in [0.15, 0.2) is 30.3 Å². The quantitative estimate of drug-likeness (QED) is 0.485. The molecule has 34 heavy (non-hydrogen) atoms. The van der Waals surface area contributed by atoms with Crippen molar-refractivity contribution in [2.24, 2.45) is 16.7 Å². The smallest absolute Gasteiger partial charge is 0.318 e. The molecule has 2 heterocycles. The standard InChI is InChI=1S/C27H38N2O5/c1-5-33-23(30)15-21-27(26(2,3)4)16-19(28-21)11-12-22(27)29-14-13-20(24(29)31)25(32)34-17-18-9-7-6-8-10-18/h6-10,19-22,28H,5,11-17H2,1-4H3/t19-,20+,21-,22+,27-/m1/s1. The molecular weight excluding hydrogens is 432 g/mol. The molecule has 0 spiro atoms. The zero-order valence-electron chi connectivity index (χ0n) is 20.8. The van der Waals surface area contributed by atoms with Crippen LogP contribution < -0.4 is 5.32 Å². The summed E-state index contributed by atoms with van der Waals surface area (Å²) < 4.78 is 10.8. The maximum Gasteiger partial charge on any atom is 0.318 e. The number of fused-ring (bicyclic) bond motifs is 2. The number of carbonyl (C=O) groups is 3. The highest BCUT2D eigenvalue weighted by atomic mass is 16.5. The van der Waals surface area contributed by atoms with Crippen LogP contribution in [0.3, 0.4) is 0 Å². The van der Waals surface area contributed by atoms with Crippen molar-refractivity contribution in [3.63, 3.8) is 0 Å². The van der Waals surface area contributed by atoms with E-state index in [1.807, 2.05) is 42.2 Å². The van der Waals surface area contributed by atoms with E-state index in [-0.39, 0.29) is 41.4 Å². The van der Waals surface area contributed by atoms with Gasteiger partial charge in [0.1, 0.15) is 12.5 Å². The highest BCUT2D eigenvalue weighted by Crippen LogP contribution is 2.58. The summed E-state index contributed by atoms with van der Waals surface area (Å²) in [5.41, 5.74) is 0.478. The summed E-state index contributed by atoms with van der Waals surface area (Å²) >= 11 is 0. The Morgan fingerprint density at radius 2 is 1.85 bits per heavy atom. The van der Waals surface area contributed by atoms with Crippen LogP contribution >= 0.6 is 0 Å². The Balaban J connectivity index is 1.52. The first kappa shape index (κ1) is 24.7. The molecule has 4 rings (SSSR count). The van der Waals surface area contributed by atoms with E-state index in [9.17, 15) is 14.4 Å². The van der Waals surface area contributed by atoms with Gasteiger partial charge in [0, 0.05) is 30.1 Å². The lowest BCUT2D eigenvalue weighted by atomic mass is 9.54. The lowest BCUT2D eigenvalue weighted by Gasteiger charge is -2.55. The number of nitrogens with zero attached hydrogens (tertiary/aromatic N) is 1. The van der Waals surface area contributed by atoms with E-state index in [1.54, 1.807) is 0 Å². The number of amides is 1. The number of ether oxygens (including phenoxy) is 2. The molecule has 2 bridgehead atoms. The SMILES string of the molecule is CCOC(=O)C[C@H]1N[C@@H]2CC[C@H](N3CC[C@H](C(=O)OCc4ccccc4)C3=O)[C@@]1(C(C)(C)C)C2. The van der Waals surface area contributed by atoms with Crippen molar-refractivity contribution in [1.82, 2.24) is 10.2 Å². The number of esters is 2. The molecule has 0 aromatic heterocycles. The normalized spacial score (nSPS) is 30.9. The number of hydrogen-bond donors (Lipinski definition) is 1.